The Balaban J connectivity index is 1.95. The van der Waals surface area contributed by atoms with Gasteiger partial charge in [-0.3, -0.25) is 9.97 Å². The van der Waals surface area contributed by atoms with Crippen molar-refractivity contribution in [1.29, 1.82) is 0 Å². The molecule has 2 rings (SSSR count). The average molecular weight is 177 g/mol. The Morgan fingerprint density at radius 2 is 2.38 bits per heavy atom. The third-order valence-corrected chi connectivity index (χ3v) is 2.61. The molecule has 1 saturated carbocycles. The van der Waals surface area contributed by atoms with E-state index >= 15 is 0 Å². The molecule has 1 N–H and O–H groups in total. The third kappa shape index (κ3) is 2.25. The van der Waals surface area contributed by atoms with Gasteiger partial charge in [0.25, 0.3) is 0 Å². The second kappa shape index (κ2) is 3.83. The Morgan fingerprint density at radius 1 is 1.54 bits per heavy atom. The fourth-order valence-electron chi connectivity index (χ4n) is 1.66. The van der Waals surface area contributed by atoms with Gasteiger partial charge in [0.1, 0.15) is 0 Å². The van der Waals surface area contributed by atoms with E-state index < -0.39 is 0 Å². The van der Waals surface area contributed by atoms with Crippen LogP contribution < -0.4 is 5.32 Å². The lowest BCUT2D eigenvalue weighted by Gasteiger charge is -2.13. The molecule has 3 nitrogen and oxygen atoms in total. The lowest BCUT2D eigenvalue weighted by molar-refractivity contribution is 0.495. The smallest absolute Gasteiger partial charge is 0.0602 e. The number of likely N-dealkylation sites (N-methyl/N-ethyl adjacent to an activating group) is 1. The van der Waals surface area contributed by atoms with Crippen LogP contribution in [-0.2, 0) is 6.42 Å². The van der Waals surface area contributed by atoms with Crippen molar-refractivity contribution in [2.75, 3.05) is 7.05 Å². The molecule has 0 radical (unpaired) electrons. The quantitative estimate of drug-likeness (QED) is 0.746. The van der Waals surface area contributed by atoms with Gasteiger partial charge in [0, 0.05) is 31.1 Å². The zero-order chi connectivity index (χ0) is 9.10. The fourth-order valence-corrected chi connectivity index (χ4v) is 1.66. The SMILES string of the molecule is CNC(Cc1cnccn1)C1CC1. The van der Waals surface area contributed by atoms with Gasteiger partial charge in [-0.2, -0.15) is 0 Å². The average Bonchev–Trinajstić information content (AvgIpc) is 2.99. The van der Waals surface area contributed by atoms with Gasteiger partial charge in [-0.05, 0) is 25.8 Å². The Labute approximate surface area is 78.6 Å². The maximum Gasteiger partial charge on any atom is 0.0602 e. The molecule has 0 aromatic carbocycles. The maximum absolute atomic E-state index is 4.27. The highest BCUT2D eigenvalue weighted by Crippen LogP contribution is 2.33. The first-order valence-electron chi connectivity index (χ1n) is 4.82. The topological polar surface area (TPSA) is 37.8 Å². The molecule has 0 spiro atoms. The summed E-state index contributed by atoms with van der Waals surface area (Å²) >= 11 is 0. The van der Waals surface area contributed by atoms with Crippen molar-refractivity contribution in [3.8, 4) is 0 Å². The number of aromatic nitrogens is 2. The molecular formula is C10H15N3. The van der Waals surface area contributed by atoms with Gasteiger partial charge in [0.15, 0.2) is 0 Å². The van der Waals surface area contributed by atoms with Crippen LogP contribution in [0.15, 0.2) is 18.6 Å². The molecule has 70 valence electrons. The van der Waals surface area contributed by atoms with Crippen molar-refractivity contribution in [2.24, 2.45) is 5.92 Å². The number of hydrogen-bond donors (Lipinski definition) is 1. The summed E-state index contributed by atoms with van der Waals surface area (Å²) in [7, 11) is 2.03. The van der Waals surface area contributed by atoms with E-state index in [1.54, 1.807) is 12.4 Å². The summed E-state index contributed by atoms with van der Waals surface area (Å²) in [6, 6.07) is 0.594. The first-order chi connectivity index (χ1) is 6.40. The first kappa shape index (κ1) is 8.63. The van der Waals surface area contributed by atoms with Crippen molar-refractivity contribution in [3.63, 3.8) is 0 Å². The van der Waals surface area contributed by atoms with E-state index in [-0.39, 0.29) is 0 Å². The Kier molecular flexibility index (Phi) is 2.54. The molecule has 1 heterocycles. The summed E-state index contributed by atoms with van der Waals surface area (Å²) in [5.41, 5.74) is 1.09. The minimum Gasteiger partial charge on any atom is -0.316 e. The lowest BCUT2D eigenvalue weighted by Crippen LogP contribution is -2.29. The molecule has 13 heavy (non-hydrogen) atoms. The van der Waals surface area contributed by atoms with E-state index in [1.807, 2.05) is 13.2 Å². The molecule has 0 bridgehead atoms. The summed E-state index contributed by atoms with van der Waals surface area (Å²) in [6.07, 6.45) is 9.07. The summed E-state index contributed by atoms with van der Waals surface area (Å²) in [6.45, 7) is 0. The normalized spacial score (nSPS) is 18.5. The van der Waals surface area contributed by atoms with Crippen molar-refractivity contribution in [1.82, 2.24) is 15.3 Å². The molecule has 0 aliphatic heterocycles. The van der Waals surface area contributed by atoms with Crippen LogP contribution in [0.4, 0.5) is 0 Å². The molecule has 1 atom stereocenters. The largest absolute Gasteiger partial charge is 0.316 e. The van der Waals surface area contributed by atoms with Gasteiger partial charge >= 0.3 is 0 Å². The summed E-state index contributed by atoms with van der Waals surface area (Å²) in [5.74, 6) is 0.868. The minimum absolute atomic E-state index is 0.594. The van der Waals surface area contributed by atoms with Crippen LogP contribution in [0, 0.1) is 5.92 Å². The molecule has 1 aliphatic carbocycles. The summed E-state index contributed by atoms with van der Waals surface area (Å²) in [4.78, 5) is 8.34. The van der Waals surface area contributed by atoms with Gasteiger partial charge in [-0.1, -0.05) is 0 Å². The van der Waals surface area contributed by atoms with Gasteiger partial charge in [0.2, 0.25) is 0 Å². The second-order valence-electron chi connectivity index (χ2n) is 3.63. The molecular weight excluding hydrogens is 162 g/mol. The number of rotatable bonds is 4. The third-order valence-electron chi connectivity index (χ3n) is 2.61. The second-order valence-corrected chi connectivity index (χ2v) is 3.63. The van der Waals surface area contributed by atoms with E-state index in [0.29, 0.717) is 6.04 Å². The predicted molar refractivity (Wildman–Crippen MR) is 51.3 cm³/mol. The molecule has 1 fully saturated rings. The van der Waals surface area contributed by atoms with Crippen molar-refractivity contribution >= 4 is 0 Å². The number of nitrogens with zero attached hydrogens (tertiary/aromatic N) is 2. The fraction of sp³-hybridized carbons (Fsp3) is 0.600. The molecule has 1 aromatic heterocycles. The van der Waals surface area contributed by atoms with Crippen LogP contribution in [0.5, 0.6) is 0 Å². The zero-order valence-corrected chi connectivity index (χ0v) is 7.90. The van der Waals surface area contributed by atoms with E-state index in [9.17, 15) is 0 Å². The van der Waals surface area contributed by atoms with E-state index in [1.165, 1.54) is 12.8 Å². The predicted octanol–water partition coefficient (Wildman–Crippen LogP) is 1.02. The zero-order valence-electron chi connectivity index (χ0n) is 7.90. The van der Waals surface area contributed by atoms with Crippen LogP contribution in [0.1, 0.15) is 18.5 Å². The van der Waals surface area contributed by atoms with E-state index in [4.69, 9.17) is 0 Å². The molecule has 0 amide bonds. The van der Waals surface area contributed by atoms with Gasteiger partial charge in [0.05, 0.1) is 5.69 Å². The molecule has 3 heteroatoms. The van der Waals surface area contributed by atoms with Crippen LogP contribution in [-0.4, -0.2) is 23.1 Å². The van der Waals surface area contributed by atoms with Crippen LogP contribution in [0.3, 0.4) is 0 Å². The lowest BCUT2D eigenvalue weighted by atomic mass is 10.1. The van der Waals surface area contributed by atoms with Crippen LogP contribution in [0.2, 0.25) is 0 Å². The number of hydrogen-bond acceptors (Lipinski definition) is 3. The van der Waals surface area contributed by atoms with Crippen molar-refractivity contribution in [2.45, 2.75) is 25.3 Å². The van der Waals surface area contributed by atoms with Gasteiger partial charge in [-0.25, -0.2) is 0 Å². The number of nitrogens with one attached hydrogen (secondary N) is 1. The van der Waals surface area contributed by atoms with Crippen LogP contribution >= 0.6 is 0 Å². The highest BCUT2D eigenvalue weighted by atomic mass is 14.9. The first-order valence-corrected chi connectivity index (χ1v) is 4.82. The Hall–Kier alpha value is -0.960. The highest BCUT2D eigenvalue weighted by molar-refractivity contribution is 5.00. The maximum atomic E-state index is 4.27. The van der Waals surface area contributed by atoms with Crippen LogP contribution in [0.25, 0.3) is 0 Å². The molecule has 1 aliphatic rings. The Morgan fingerprint density at radius 3 is 2.92 bits per heavy atom. The molecule has 1 unspecified atom stereocenters. The standard InChI is InChI=1S/C10H15N3/c1-11-10(8-2-3-8)6-9-7-12-4-5-13-9/h4-5,7-8,10-11H,2-3,6H2,1H3. The summed E-state index contributed by atoms with van der Waals surface area (Å²) in [5, 5.41) is 3.34. The van der Waals surface area contributed by atoms with E-state index in [0.717, 1.165) is 18.0 Å². The molecule has 1 aromatic rings. The van der Waals surface area contributed by atoms with Gasteiger partial charge < -0.3 is 5.32 Å². The Bertz CT molecular complexity index is 256. The monoisotopic (exact) mass is 177 g/mol. The minimum atomic E-state index is 0.594. The molecule has 0 saturated heterocycles. The highest BCUT2D eigenvalue weighted by Gasteiger charge is 2.30. The van der Waals surface area contributed by atoms with E-state index in [2.05, 4.69) is 15.3 Å². The van der Waals surface area contributed by atoms with Gasteiger partial charge in [-0.15, -0.1) is 0 Å². The summed E-state index contributed by atoms with van der Waals surface area (Å²) < 4.78 is 0. The van der Waals surface area contributed by atoms with Crippen molar-refractivity contribution in [3.05, 3.63) is 24.3 Å². The van der Waals surface area contributed by atoms with Crippen molar-refractivity contribution < 1.29 is 0 Å².